The topological polar surface area (TPSA) is 103 Å². The molecule has 0 spiro atoms. The predicted molar refractivity (Wildman–Crippen MR) is 227 cm³/mol. The minimum atomic E-state index is -1.38. The molecule has 12 heteroatoms. The van der Waals surface area contributed by atoms with Crippen LogP contribution >= 0.6 is 0 Å². The summed E-state index contributed by atoms with van der Waals surface area (Å²) in [5, 5.41) is 0. The molecule has 0 bridgehead atoms. The number of hydrogen-bond acceptors (Lipinski definition) is 10. The van der Waals surface area contributed by atoms with Crippen LogP contribution in [0.1, 0.15) is 28.7 Å². The first kappa shape index (κ1) is 44.6. The number of amides is 1. The number of methoxy groups -OCH3 is 1. The third kappa shape index (κ3) is 13.8. The van der Waals surface area contributed by atoms with Crippen LogP contribution in [0.25, 0.3) is 0 Å². The highest BCUT2D eigenvalue weighted by molar-refractivity contribution is 6.76. The van der Waals surface area contributed by atoms with E-state index in [0.717, 1.165) is 28.3 Å². The molecule has 0 unspecified atom stereocenters. The normalized spacial score (nSPS) is 24.7. The molecule has 318 valence electrons. The standard InChI is InChI=1S/C47H61NO10Si/c1-48(47(49)51-26-27-59(3,4)5)39-33-53-42(28-40(39)52-29-35-18-10-6-11-19-35)54-34-41-43(50-2)44(55-30-36-20-12-7-13-21-36)45(56-31-37-22-14-8-15-23-37)46(58-41)57-32-38-24-16-9-17-25-38/h6-25,39-46H,26-34H2,1-5H3/t39-,40-,41+,42+,43+,44-,45+,46+/m0/s1. The number of carbonyl (C=O) groups excluding carboxylic acids is 1. The van der Waals surface area contributed by atoms with Crippen LogP contribution in [0.15, 0.2) is 121 Å². The van der Waals surface area contributed by atoms with Gasteiger partial charge in [-0.15, -0.1) is 0 Å². The molecule has 0 saturated carbocycles. The first-order valence-corrected chi connectivity index (χ1v) is 24.3. The molecule has 0 aliphatic carbocycles. The van der Waals surface area contributed by atoms with E-state index in [9.17, 15) is 4.79 Å². The lowest BCUT2D eigenvalue weighted by Crippen LogP contribution is -2.62. The maximum atomic E-state index is 13.2. The molecule has 0 radical (unpaired) electrons. The molecule has 8 atom stereocenters. The molecule has 4 aromatic carbocycles. The fourth-order valence-electron chi connectivity index (χ4n) is 7.13. The Labute approximate surface area is 350 Å². The van der Waals surface area contributed by atoms with Crippen LogP contribution in [0.4, 0.5) is 4.79 Å². The molecule has 4 aromatic rings. The summed E-state index contributed by atoms with van der Waals surface area (Å²) < 4.78 is 57.9. The van der Waals surface area contributed by atoms with Crippen molar-refractivity contribution in [1.82, 2.24) is 4.90 Å². The van der Waals surface area contributed by atoms with Gasteiger partial charge in [-0.3, -0.25) is 0 Å². The predicted octanol–water partition coefficient (Wildman–Crippen LogP) is 8.24. The molecule has 6 rings (SSSR count). The Morgan fingerprint density at radius 1 is 0.661 bits per heavy atom. The van der Waals surface area contributed by atoms with Crippen LogP contribution in [0.3, 0.4) is 0 Å². The van der Waals surface area contributed by atoms with Crippen LogP contribution in [0.2, 0.25) is 25.7 Å². The maximum Gasteiger partial charge on any atom is 0.409 e. The minimum Gasteiger partial charge on any atom is -0.450 e. The van der Waals surface area contributed by atoms with Crippen LogP contribution < -0.4 is 0 Å². The van der Waals surface area contributed by atoms with Gasteiger partial charge in [0.1, 0.15) is 24.4 Å². The van der Waals surface area contributed by atoms with Gasteiger partial charge in [0.2, 0.25) is 0 Å². The van der Waals surface area contributed by atoms with E-state index in [0.29, 0.717) is 39.5 Å². The van der Waals surface area contributed by atoms with Gasteiger partial charge in [0.05, 0.1) is 58.4 Å². The van der Waals surface area contributed by atoms with Crippen molar-refractivity contribution >= 4 is 14.2 Å². The second-order valence-electron chi connectivity index (χ2n) is 16.3. The second kappa shape index (κ2) is 22.6. The average molecular weight is 828 g/mol. The Morgan fingerprint density at radius 2 is 1.15 bits per heavy atom. The van der Waals surface area contributed by atoms with E-state index in [1.54, 1.807) is 19.1 Å². The lowest BCUT2D eigenvalue weighted by Gasteiger charge is -2.46. The molecule has 2 aliphatic rings. The first-order chi connectivity index (χ1) is 28.7. The van der Waals surface area contributed by atoms with Crippen LogP contribution in [-0.4, -0.2) is 102 Å². The molecule has 1 amide bonds. The number of benzene rings is 4. The zero-order valence-corrected chi connectivity index (χ0v) is 36.1. The Hall–Kier alpha value is -3.95. The quantitative estimate of drug-likeness (QED) is 0.0810. The largest absolute Gasteiger partial charge is 0.450 e. The van der Waals surface area contributed by atoms with Crippen molar-refractivity contribution < 1.29 is 47.4 Å². The lowest BCUT2D eigenvalue weighted by molar-refractivity contribution is -0.333. The van der Waals surface area contributed by atoms with Gasteiger partial charge in [0, 0.05) is 28.7 Å². The van der Waals surface area contributed by atoms with E-state index < -0.39 is 57.3 Å². The molecule has 11 nitrogen and oxygen atoms in total. The summed E-state index contributed by atoms with van der Waals surface area (Å²) in [4.78, 5) is 14.8. The minimum absolute atomic E-state index is 0.107. The van der Waals surface area contributed by atoms with Gasteiger partial charge in [0.25, 0.3) is 0 Å². The zero-order valence-electron chi connectivity index (χ0n) is 35.1. The summed E-state index contributed by atoms with van der Waals surface area (Å²) in [6, 6.07) is 40.4. The summed E-state index contributed by atoms with van der Waals surface area (Å²) in [7, 11) is 2.01. The van der Waals surface area contributed by atoms with E-state index in [1.165, 1.54) is 0 Å². The maximum absolute atomic E-state index is 13.2. The summed E-state index contributed by atoms with van der Waals surface area (Å²) in [5.41, 5.74) is 4.05. The third-order valence-corrected chi connectivity index (χ3v) is 12.3. The third-order valence-electron chi connectivity index (χ3n) is 10.6. The summed E-state index contributed by atoms with van der Waals surface area (Å²) >= 11 is 0. The molecule has 59 heavy (non-hydrogen) atoms. The number of likely N-dealkylation sites (N-methyl/N-ethyl adjacent to an activating group) is 1. The number of carbonyl (C=O) groups is 1. The zero-order chi connectivity index (χ0) is 41.5. The highest BCUT2D eigenvalue weighted by Gasteiger charge is 2.49. The van der Waals surface area contributed by atoms with E-state index in [-0.39, 0.29) is 19.3 Å². The smallest absolute Gasteiger partial charge is 0.409 e. The summed E-state index contributed by atoms with van der Waals surface area (Å²) in [5.74, 6) is 0. The van der Waals surface area contributed by atoms with Crippen molar-refractivity contribution in [2.45, 2.75) is 108 Å². The van der Waals surface area contributed by atoms with Crippen LogP contribution in [0, 0.1) is 0 Å². The van der Waals surface area contributed by atoms with Crippen molar-refractivity contribution in [2.24, 2.45) is 0 Å². The highest BCUT2D eigenvalue weighted by Crippen LogP contribution is 2.32. The van der Waals surface area contributed by atoms with Crippen molar-refractivity contribution in [1.29, 1.82) is 0 Å². The Morgan fingerprint density at radius 3 is 1.66 bits per heavy atom. The molecular weight excluding hydrogens is 767 g/mol. The second-order valence-corrected chi connectivity index (χ2v) is 22.0. The first-order valence-electron chi connectivity index (χ1n) is 20.6. The molecule has 2 heterocycles. The van der Waals surface area contributed by atoms with Crippen molar-refractivity contribution in [3.05, 3.63) is 144 Å². The number of hydrogen-bond donors (Lipinski definition) is 0. The molecular formula is C47H61NO10Si. The van der Waals surface area contributed by atoms with Crippen molar-refractivity contribution in [2.75, 3.05) is 34.0 Å². The average Bonchev–Trinajstić information content (AvgIpc) is 3.26. The Kier molecular flexibility index (Phi) is 17.1. The van der Waals surface area contributed by atoms with Gasteiger partial charge in [-0.05, 0) is 28.3 Å². The molecule has 0 N–H and O–H groups in total. The van der Waals surface area contributed by atoms with E-state index in [1.807, 2.05) is 121 Å². The van der Waals surface area contributed by atoms with E-state index in [4.69, 9.17) is 42.6 Å². The highest BCUT2D eigenvalue weighted by atomic mass is 28.3. The van der Waals surface area contributed by atoms with Gasteiger partial charge < -0.3 is 47.5 Å². The van der Waals surface area contributed by atoms with Crippen molar-refractivity contribution in [3.63, 3.8) is 0 Å². The van der Waals surface area contributed by atoms with Gasteiger partial charge in [-0.1, -0.05) is 141 Å². The van der Waals surface area contributed by atoms with Crippen LogP contribution in [0.5, 0.6) is 0 Å². The fourth-order valence-corrected chi connectivity index (χ4v) is 7.84. The van der Waals surface area contributed by atoms with Crippen molar-refractivity contribution in [3.8, 4) is 0 Å². The Bertz CT molecular complexity index is 1780. The van der Waals surface area contributed by atoms with Gasteiger partial charge in [-0.25, -0.2) is 4.79 Å². The Balaban J connectivity index is 1.18. The van der Waals surface area contributed by atoms with Crippen LogP contribution in [-0.2, 0) is 69.1 Å². The summed E-state index contributed by atoms with van der Waals surface area (Å²) in [6.45, 7) is 8.79. The molecule has 2 saturated heterocycles. The fraction of sp³-hybridized carbons (Fsp3) is 0.468. The lowest BCUT2D eigenvalue weighted by atomic mass is 9.98. The van der Waals surface area contributed by atoms with E-state index >= 15 is 0 Å². The van der Waals surface area contributed by atoms with E-state index in [2.05, 4.69) is 19.6 Å². The number of ether oxygens (including phenoxy) is 9. The summed E-state index contributed by atoms with van der Waals surface area (Å²) in [6.07, 6.45) is -4.33. The number of nitrogens with zero attached hydrogens (tertiary/aromatic N) is 1. The van der Waals surface area contributed by atoms with Gasteiger partial charge in [-0.2, -0.15) is 0 Å². The monoisotopic (exact) mass is 827 g/mol. The van der Waals surface area contributed by atoms with Gasteiger partial charge >= 0.3 is 6.09 Å². The molecule has 0 aromatic heterocycles. The molecule has 2 fully saturated rings. The number of rotatable bonds is 20. The SMILES string of the molecule is CO[C@H]1[C@H](OCc2ccccc2)[C@@H](OCc2ccccc2)[C@H](OCc2ccccc2)O[C@@H]1CO[C@@H]1C[C@H](OCc2ccccc2)[C@@H](N(C)C(=O)OCC[Si](C)(C)C)CO1. The van der Waals surface area contributed by atoms with Gasteiger partial charge in [0.15, 0.2) is 12.6 Å². The molecule has 2 aliphatic heterocycles.